The summed E-state index contributed by atoms with van der Waals surface area (Å²) in [6, 6.07) is 13.8. The summed E-state index contributed by atoms with van der Waals surface area (Å²) in [6.45, 7) is 6.41. The molecule has 1 aliphatic rings. The molecule has 0 radical (unpaired) electrons. The second-order valence-corrected chi connectivity index (χ2v) is 7.79. The smallest absolute Gasteiger partial charge is 0.229 e. The van der Waals surface area contributed by atoms with Gasteiger partial charge in [0.25, 0.3) is 0 Å². The van der Waals surface area contributed by atoms with E-state index in [4.69, 9.17) is 0 Å². The lowest BCUT2D eigenvalue weighted by Crippen LogP contribution is -2.30. The monoisotopic (exact) mass is 414 g/mol. The number of hydrogen-bond donors (Lipinski definition) is 1. The lowest BCUT2D eigenvalue weighted by molar-refractivity contribution is -0.129. The molecule has 1 heterocycles. The summed E-state index contributed by atoms with van der Waals surface area (Å²) in [6.07, 6.45) is 0.261. The number of nitrogens with zero attached hydrogens (tertiary/aromatic N) is 1. The van der Waals surface area contributed by atoms with E-state index in [0.29, 0.717) is 6.54 Å². The largest absolute Gasteiger partial charge is 0.335 e. The first-order valence-corrected chi connectivity index (χ1v) is 9.58. The summed E-state index contributed by atoms with van der Waals surface area (Å²) >= 11 is 3.50. The molecule has 1 fully saturated rings. The van der Waals surface area contributed by atoms with Crippen molar-refractivity contribution in [3.8, 4) is 0 Å². The van der Waals surface area contributed by atoms with Crippen LogP contribution in [0.15, 0.2) is 46.9 Å². The second-order valence-electron chi connectivity index (χ2n) is 6.94. The molecular weight excluding hydrogens is 392 g/mol. The van der Waals surface area contributed by atoms with Gasteiger partial charge >= 0.3 is 0 Å². The van der Waals surface area contributed by atoms with Gasteiger partial charge in [-0.3, -0.25) is 9.59 Å². The first kappa shape index (κ1) is 18.6. The number of halogens is 1. The Kier molecular flexibility index (Phi) is 5.47. The molecule has 26 heavy (non-hydrogen) atoms. The molecule has 0 unspecified atom stereocenters. The minimum absolute atomic E-state index is 0.0295. The fraction of sp³-hybridized carbons (Fsp3) is 0.333. The molecule has 136 valence electrons. The van der Waals surface area contributed by atoms with Crippen LogP contribution in [0.5, 0.6) is 0 Å². The maximum absolute atomic E-state index is 12.7. The fourth-order valence-electron chi connectivity index (χ4n) is 3.34. The third-order valence-electron chi connectivity index (χ3n) is 5.04. The van der Waals surface area contributed by atoms with E-state index in [-0.39, 0.29) is 30.2 Å². The van der Waals surface area contributed by atoms with E-state index in [1.54, 1.807) is 4.90 Å². The summed E-state index contributed by atoms with van der Waals surface area (Å²) in [5.41, 5.74) is 3.95. The van der Waals surface area contributed by atoms with Crippen LogP contribution in [0.1, 0.15) is 36.1 Å². The molecule has 2 amide bonds. The fourth-order valence-corrected chi connectivity index (χ4v) is 3.80. The average molecular weight is 415 g/mol. The molecule has 0 saturated carbocycles. The van der Waals surface area contributed by atoms with E-state index in [1.807, 2.05) is 63.2 Å². The van der Waals surface area contributed by atoms with Crippen molar-refractivity contribution in [3.63, 3.8) is 0 Å². The van der Waals surface area contributed by atoms with Crippen molar-refractivity contribution in [1.82, 2.24) is 4.90 Å². The standard InChI is InChI=1S/C21H23BrN2O2/c1-13-10-19(14(2)9-18(13)22)23-21(26)17-11-20(25)24(12-17)15(3)16-7-5-4-6-8-16/h4-10,15,17H,11-12H2,1-3H3,(H,23,26)/t15-,17-/m1/s1. The van der Waals surface area contributed by atoms with E-state index in [9.17, 15) is 9.59 Å². The summed E-state index contributed by atoms with van der Waals surface area (Å²) in [4.78, 5) is 27.0. The van der Waals surface area contributed by atoms with Crippen molar-refractivity contribution in [2.45, 2.75) is 33.2 Å². The third-order valence-corrected chi connectivity index (χ3v) is 5.90. The number of anilines is 1. The molecule has 3 rings (SSSR count). The Bertz CT molecular complexity index is 835. The highest BCUT2D eigenvalue weighted by atomic mass is 79.9. The lowest BCUT2D eigenvalue weighted by Gasteiger charge is -2.25. The lowest BCUT2D eigenvalue weighted by atomic mass is 10.1. The minimum Gasteiger partial charge on any atom is -0.335 e. The quantitative estimate of drug-likeness (QED) is 0.793. The zero-order valence-corrected chi connectivity index (χ0v) is 16.8. The number of hydrogen-bond acceptors (Lipinski definition) is 2. The first-order valence-electron chi connectivity index (χ1n) is 8.79. The Morgan fingerprint density at radius 1 is 1.19 bits per heavy atom. The van der Waals surface area contributed by atoms with Crippen molar-refractivity contribution in [1.29, 1.82) is 0 Å². The summed E-state index contributed by atoms with van der Waals surface area (Å²) in [5.74, 6) is -0.381. The van der Waals surface area contributed by atoms with Crippen LogP contribution in [0.2, 0.25) is 0 Å². The van der Waals surface area contributed by atoms with Crippen molar-refractivity contribution in [3.05, 3.63) is 63.6 Å². The number of amides is 2. The van der Waals surface area contributed by atoms with Gasteiger partial charge in [0, 0.05) is 23.1 Å². The number of carbonyl (C=O) groups is 2. The maximum atomic E-state index is 12.7. The number of rotatable bonds is 4. The maximum Gasteiger partial charge on any atom is 0.229 e. The topological polar surface area (TPSA) is 49.4 Å². The van der Waals surface area contributed by atoms with E-state index >= 15 is 0 Å². The van der Waals surface area contributed by atoms with Crippen LogP contribution in [0.25, 0.3) is 0 Å². The Morgan fingerprint density at radius 3 is 2.58 bits per heavy atom. The van der Waals surface area contributed by atoms with Gasteiger partial charge in [0.1, 0.15) is 0 Å². The highest BCUT2D eigenvalue weighted by molar-refractivity contribution is 9.10. The highest BCUT2D eigenvalue weighted by Gasteiger charge is 2.37. The zero-order chi connectivity index (χ0) is 18.8. The minimum atomic E-state index is -0.322. The van der Waals surface area contributed by atoms with Crippen molar-refractivity contribution >= 4 is 33.4 Å². The highest BCUT2D eigenvalue weighted by Crippen LogP contribution is 2.30. The van der Waals surface area contributed by atoms with Crippen LogP contribution in [0.3, 0.4) is 0 Å². The van der Waals surface area contributed by atoms with E-state index in [1.165, 1.54) is 0 Å². The van der Waals surface area contributed by atoms with Gasteiger partial charge in [-0.25, -0.2) is 0 Å². The molecule has 2 atom stereocenters. The van der Waals surface area contributed by atoms with Crippen molar-refractivity contribution < 1.29 is 9.59 Å². The first-order chi connectivity index (χ1) is 12.4. The summed E-state index contributed by atoms with van der Waals surface area (Å²) < 4.78 is 1.02. The summed E-state index contributed by atoms with van der Waals surface area (Å²) in [7, 11) is 0. The van der Waals surface area contributed by atoms with Gasteiger partial charge in [-0.05, 0) is 49.6 Å². The Hall–Kier alpha value is -2.14. The van der Waals surface area contributed by atoms with E-state index in [2.05, 4.69) is 21.2 Å². The second kappa shape index (κ2) is 7.62. The molecule has 0 bridgehead atoms. The predicted octanol–water partition coefficient (Wildman–Crippen LogP) is 4.61. The van der Waals surface area contributed by atoms with Gasteiger partial charge in [0.15, 0.2) is 0 Å². The molecule has 5 heteroatoms. The molecule has 2 aromatic rings. The van der Waals surface area contributed by atoms with Crippen LogP contribution in [-0.4, -0.2) is 23.3 Å². The zero-order valence-electron chi connectivity index (χ0n) is 15.3. The van der Waals surface area contributed by atoms with Gasteiger partial charge in [-0.2, -0.15) is 0 Å². The molecule has 1 saturated heterocycles. The third kappa shape index (κ3) is 3.83. The SMILES string of the molecule is Cc1cc(NC(=O)[C@@H]2CC(=O)N([C@H](C)c3ccccc3)C2)c(C)cc1Br. The van der Waals surface area contributed by atoms with Crippen molar-refractivity contribution in [2.75, 3.05) is 11.9 Å². The predicted molar refractivity (Wildman–Crippen MR) is 107 cm³/mol. The molecule has 0 spiro atoms. The van der Waals surface area contributed by atoms with Crippen LogP contribution in [0, 0.1) is 19.8 Å². The number of aryl methyl sites for hydroxylation is 2. The molecule has 2 aromatic carbocycles. The van der Waals surface area contributed by atoms with Gasteiger partial charge in [0.2, 0.25) is 11.8 Å². The Morgan fingerprint density at radius 2 is 1.88 bits per heavy atom. The molecular formula is C21H23BrN2O2. The molecule has 0 aliphatic carbocycles. The van der Waals surface area contributed by atoms with Crippen LogP contribution < -0.4 is 5.32 Å². The van der Waals surface area contributed by atoms with Gasteiger partial charge in [-0.15, -0.1) is 0 Å². The van der Waals surface area contributed by atoms with E-state index < -0.39 is 0 Å². The normalized spacial score (nSPS) is 18.1. The number of carbonyl (C=O) groups excluding carboxylic acids is 2. The van der Waals surface area contributed by atoms with Crippen LogP contribution >= 0.6 is 15.9 Å². The molecule has 1 aliphatic heterocycles. The van der Waals surface area contributed by atoms with Gasteiger partial charge in [0.05, 0.1) is 12.0 Å². The van der Waals surface area contributed by atoms with E-state index in [0.717, 1.165) is 26.9 Å². The number of likely N-dealkylation sites (tertiary alicyclic amines) is 1. The number of benzene rings is 2. The Balaban J connectivity index is 1.70. The summed E-state index contributed by atoms with van der Waals surface area (Å²) in [5, 5.41) is 3.00. The van der Waals surface area contributed by atoms with Gasteiger partial charge in [-0.1, -0.05) is 46.3 Å². The van der Waals surface area contributed by atoms with Crippen LogP contribution in [0.4, 0.5) is 5.69 Å². The molecule has 1 N–H and O–H groups in total. The number of nitrogens with one attached hydrogen (secondary N) is 1. The average Bonchev–Trinajstić information content (AvgIpc) is 3.01. The Labute approximate surface area is 162 Å². The van der Waals surface area contributed by atoms with Gasteiger partial charge < -0.3 is 10.2 Å². The molecule has 4 nitrogen and oxygen atoms in total. The molecule has 0 aromatic heterocycles. The van der Waals surface area contributed by atoms with Crippen molar-refractivity contribution in [2.24, 2.45) is 5.92 Å². The van der Waals surface area contributed by atoms with Crippen LogP contribution in [-0.2, 0) is 9.59 Å².